The number of nitrogens with one attached hydrogen (secondary N) is 3. The molecular weight excluding hydrogens is 388 g/mol. The van der Waals surface area contributed by atoms with Gasteiger partial charge < -0.3 is 37.0 Å². The van der Waals surface area contributed by atoms with Crippen LogP contribution in [0.3, 0.4) is 0 Å². The molecule has 0 spiro atoms. The van der Waals surface area contributed by atoms with Gasteiger partial charge in [-0.25, -0.2) is 4.79 Å². The van der Waals surface area contributed by atoms with E-state index >= 15 is 0 Å². The number of nitrogens with two attached hydrogens (primary N) is 1. The van der Waals surface area contributed by atoms with Crippen molar-refractivity contribution in [3.63, 3.8) is 0 Å². The highest BCUT2D eigenvalue weighted by atomic mass is 16.4. The lowest BCUT2D eigenvalue weighted by Crippen LogP contribution is -2.58. The SMILES string of the molecule is CCC(C)C(N)C(=O)NC(C)C(=O)NC(CC(=O)O)C(=O)NC(C(=O)O)C(C)O. The molecule has 0 heterocycles. The summed E-state index contributed by atoms with van der Waals surface area (Å²) in [6.07, 6.45) is -1.65. The van der Waals surface area contributed by atoms with Crippen molar-refractivity contribution < 1.29 is 39.3 Å². The summed E-state index contributed by atoms with van der Waals surface area (Å²) in [6, 6.07) is -5.30. The highest BCUT2D eigenvalue weighted by molar-refractivity contribution is 5.95. The monoisotopic (exact) mass is 418 g/mol. The van der Waals surface area contributed by atoms with E-state index in [1.54, 1.807) is 6.92 Å². The number of aliphatic hydroxyl groups excluding tert-OH is 1. The van der Waals surface area contributed by atoms with E-state index in [-0.39, 0.29) is 5.92 Å². The molecule has 29 heavy (non-hydrogen) atoms. The van der Waals surface area contributed by atoms with Gasteiger partial charge in [0.15, 0.2) is 6.04 Å². The van der Waals surface area contributed by atoms with Gasteiger partial charge >= 0.3 is 11.9 Å². The van der Waals surface area contributed by atoms with Crippen molar-refractivity contribution in [2.24, 2.45) is 11.7 Å². The minimum absolute atomic E-state index is 0.135. The lowest BCUT2D eigenvalue weighted by Gasteiger charge is -2.24. The number of carbonyl (C=O) groups is 5. The lowest BCUT2D eigenvalue weighted by atomic mass is 9.99. The minimum atomic E-state index is -1.69. The third-order valence-corrected chi connectivity index (χ3v) is 4.37. The Morgan fingerprint density at radius 3 is 1.86 bits per heavy atom. The summed E-state index contributed by atoms with van der Waals surface area (Å²) in [5.74, 6) is -5.65. The average molecular weight is 418 g/mol. The van der Waals surface area contributed by atoms with Crippen molar-refractivity contribution >= 4 is 29.7 Å². The second-order valence-corrected chi connectivity index (χ2v) is 6.87. The largest absolute Gasteiger partial charge is 0.481 e. The lowest BCUT2D eigenvalue weighted by molar-refractivity contribution is -0.146. The third kappa shape index (κ3) is 8.87. The molecule has 0 saturated heterocycles. The van der Waals surface area contributed by atoms with Crippen LogP contribution in [0.1, 0.15) is 40.5 Å². The Balaban J connectivity index is 5.15. The van der Waals surface area contributed by atoms with E-state index in [1.165, 1.54) is 6.92 Å². The zero-order chi connectivity index (χ0) is 22.9. The van der Waals surface area contributed by atoms with Gasteiger partial charge in [0.25, 0.3) is 0 Å². The van der Waals surface area contributed by atoms with E-state index in [4.69, 9.17) is 15.9 Å². The summed E-state index contributed by atoms with van der Waals surface area (Å²) in [5, 5.41) is 33.9. The van der Waals surface area contributed by atoms with Crippen LogP contribution in [0.25, 0.3) is 0 Å². The van der Waals surface area contributed by atoms with E-state index in [1.807, 2.05) is 12.2 Å². The maximum Gasteiger partial charge on any atom is 0.328 e. The number of carboxylic acid groups (broad SMARTS) is 2. The summed E-state index contributed by atoms with van der Waals surface area (Å²) in [7, 11) is 0. The van der Waals surface area contributed by atoms with Gasteiger partial charge in [-0.1, -0.05) is 20.3 Å². The van der Waals surface area contributed by atoms with E-state index in [0.717, 1.165) is 6.92 Å². The fraction of sp³-hybridized carbons (Fsp3) is 0.706. The molecule has 0 saturated carbocycles. The van der Waals surface area contributed by atoms with E-state index in [2.05, 4.69) is 10.6 Å². The van der Waals surface area contributed by atoms with Gasteiger partial charge in [-0.2, -0.15) is 0 Å². The third-order valence-electron chi connectivity index (χ3n) is 4.37. The van der Waals surface area contributed by atoms with Gasteiger partial charge in [0.1, 0.15) is 12.1 Å². The fourth-order valence-electron chi connectivity index (χ4n) is 2.21. The Morgan fingerprint density at radius 2 is 1.45 bits per heavy atom. The topological polar surface area (TPSA) is 208 Å². The van der Waals surface area contributed by atoms with Crippen molar-refractivity contribution in [3.8, 4) is 0 Å². The van der Waals surface area contributed by atoms with Gasteiger partial charge in [0.05, 0.1) is 18.6 Å². The molecule has 0 fully saturated rings. The number of rotatable bonds is 12. The highest BCUT2D eigenvalue weighted by Gasteiger charge is 2.32. The molecule has 0 aromatic rings. The van der Waals surface area contributed by atoms with Crippen LogP contribution in [-0.4, -0.2) is 75.3 Å². The van der Waals surface area contributed by atoms with Crippen LogP contribution >= 0.6 is 0 Å². The van der Waals surface area contributed by atoms with Crippen LogP contribution in [0.2, 0.25) is 0 Å². The Morgan fingerprint density at radius 1 is 0.897 bits per heavy atom. The average Bonchev–Trinajstić information content (AvgIpc) is 2.62. The predicted molar refractivity (Wildman–Crippen MR) is 100 cm³/mol. The van der Waals surface area contributed by atoms with Gasteiger partial charge in [0, 0.05) is 0 Å². The van der Waals surface area contributed by atoms with Crippen LogP contribution in [0.4, 0.5) is 0 Å². The summed E-state index contributed by atoms with van der Waals surface area (Å²) in [5.41, 5.74) is 5.78. The molecule has 8 N–H and O–H groups in total. The van der Waals surface area contributed by atoms with Gasteiger partial charge in [-0.15, -0.1) is 0 Å². The first-order valence-corrected chi connectivity index (χ1v) is 9.11. The number of aliphatic carboxylic acids is 2. The number of hydrogen-bond acceptors (Lipinski definition) is 7. The predicted octanol–water partition coefficient (Wildman–Crippen LogP) is -2.23. The zero-order valence-electron chi connectivity index (χ0n) is 16.8. The molecule has 0 aliphatic carbocycles. The molecule has 12 nitrogen and oxygen atoms in total. The number of carbonyl (C=O) groups excluding carboxylic acids is 3. The number of carboxylic acids is 2. The molecule has 0 bridgehead atoms. The second kappa shape index (κ2) is 12.0. The zero-order valence-corrected chi connectivity index (χ0v) is 16.8. The molecular formula is C17H30N4O8. The minimum Gasteiger partial charge on any atom is -0.481 e. The summed E-state index contributed by atoms with van der Waals surface area (Å²) < 4.78 is 0. The standard InChI is InChI=1S/C17H30N4O8/c1-5-7(2)12(18)16(27)19-8(3)14(25)20-10(6-11(23)24)15(26)21-13(9(4)22)17(28)29/h7-10,12-13,22H,5-6,18H2,1-4H3,(H,19,27)(H,20,25)(H,21,26)(H,23,24)(H,28,29). The van der Waals surface area contributed by atoms with Crippen molar-refractivity contribution in [2.45, 2.75) is 70.8 Å². The summed E-state index contributed by atoms with van der Waals surface area (Å²) in [6.45, 7) is 6.06. The molecule has 0 aliphatic heterocycles. The summed E-state index contributed by atoms with van der Waals surface area (Å²) >= 11 is 0. The Hall–Kier alpha value is -2.73. The van der Waals surface area contributed by atoms with E-state index in [9.17, 15) is 29.1 Å². The van der Waals surface area contributed by atoms with E-state index < -0.39 is 66.4 Å². The van der Waals surface area contributed by atoms with Gasteiger partial charge in [-0.05, 0) is 19.8 Å². The molecule has 0 aromatic carbocycles. The molecule has 6 unspecified atom stereocenters. The first kappa shape index (κ1) is 26.3. The van der Waals surface area contributed by atoms with Crippen LogP contribution in [0, 0.1) is 5.92 Å². The molecule has 166 valence electrons. The van der Waals surface area contributed by atoms with Crippen molar-refractivity contribution in [1.29, 1.82) is 0 Å². The second-order valence-electron chi connectivity index (χ2n) is 6.87. The van der Waals surface area contributed by atoms with Crippen LogP contribution < -0.4 is 21.7 Å². The fourth-order valence-corrected chi connectivity index (χ4v) is 2.21. The van der Waals surface area contributed by atoms with Crippen LogP contribution in [0.15, 0.2) is 0 Å². The number of aliphatic hydroxyl groups is 1. The van der Waals surface area contributed by atoms with Crippen molar-refractivity contribution in [3.05, 3.63) is 0 Å². The molecule has 0 rings (SSSR count). The van der Waals surface area contributed by atoms with Crippen molar-refractivity contribution in [2.75, 3.05) is 0 Å². The Kier molecular flexibility index (Phi) is 10.8. The molecule has 0 radical (unpaired) electrons. The first-order chi connectivity index (χ1) is 13.3. The number of amides is 3. The Labute approximate surface area is 168 Å². The maximum absolute atomic E-state index is 12.3. The Bertz CT molecular complexity index is 625. The van der Waals surface area contributed by atoms with Gasteiger partial charge in [-0.3, -0.25) is 19.2 Å². The smallest absolute Gasteiger partial charge is 0.328 e. The summed E-state index contributed by atoms with van der Waals surface area (Å²) in [4.78, 5) is 58.7. The van der Waals surface area contributed by atoms with Gasteiger partial charge in [0.2, 0.25) is 17.7 Å². The van der Waals surface area contributed by atoms with E-state index in [0.29, 0.717) is 6.42 Å². The normalized spacial score (nSPS) is 17.0. The maximum atomic E-state index is 12.3. The molecule has 12 heteroatoms. The van der Waals surface area contributed by atoms with Crippen molar-refractivity contribution in [1.82, 2.24) is 16.0 Å². The molecule has 6 atom stereocenters. The van der Waals surface area contributed by atoms with Crippen LogP contribution in [0.5, 0.6) is 0 Å². The molecule has 3 amide bonds. The number of hydrogen-bond donors (Lipinski definition) is 7. The molecule has 0 aromatic heterocycles. The highest BCUT2D eigenvalue weighted by Crippen LogP contribution is 2.05. The molecule has 0 aliphatic rings. The van der Waals surface area contributed by atoms with Crippen LogP contribution in [-0.2, 0) is 24.0 Å². The quantitative estimate of drug-likeness (QED) is 0.183. The first-order valence-electron chi connectivity index (χ1n) is 9.11.